The Bertz CT molecular complexity index is 100. The van der Waals surface area contributed by atoms with Gasteiger partial charge < -0.3 is 5.66 Å². The van der Waals surface area contributed by atoms with Crippen molar-refractivity contribution >= 4 is 17.2 Å². The van der Waals surface area contributed by atoms with E-state index >= 15 is 0 Å². The fourth-order valence-electron chi connectivity index (χ4n) is 0.775. The number of hydrogen-bond acceptors (Lipinski definition) is 1. The van der Waals surface area contributed by atoms with Crippen molar-refractivity contribution in [3.63, 3.8) is 0 Å². The first-order valence-corrected chi connectivity index (χ1v) is 9.86. The molecule has 0 aromatic rings. The maximum atomic E-state index is 2.63. The predicted octanol–water partition coefficient (Wildman–Crippen LogP) is -1.15. The molecular weight excluding hydrogens is 189 g/mol. The third-order valence-corrected chi connectivity index (χ3v) is 9.37. The first kappa shape index (κ1) is 18.9. The van der Waals surface area contributed by atoms with Gasteiger partial charge in [-0.05, 0) is 7.05 Å². The topological polar surface area (TPSA) is 3.24 Å². The standard InChI is InChI=1S/C6H19NSi2.Ar.Li.H/c1-7(8(2)3)9(4,5)6;;;/h8H,1-6H3;;;/q;;+1;-1. The minimum atomic E-state index is -0.929. The molecule has 0 aliphatic heterocycles. The molecule has 1 nitrogen and oxygen atoms in total. The molecule has 0 atom stereocenters. The maximum Gasteiger partial charge on any atom is 1.00 e. The minimum absolute atomic E-state index is 0. The Labute approximate surface area is 118 Å². The van der Waals surface area contributed by atoms with Crippen LogP contribution in [0.15, 0.2) is 0 Å². The van der Waals surface area contributed by atoms with E-state index in [1.54, 1.807) is 0 Å². The van der Waals surface area contributed by atoms with Gasteiger partial charge in [0.15, 0.2) is 0 Å². The van der Waals surface area contributed by atoms with E-state index in [0.717, 1.165) is 0 Å². The summed E-state index contributed by atoms with van der Waals surface area (Å²) in [6.45, 7) is 12.0. The third-order valence-electron chi connectivity index (χ3n) is 1.83. The van der Waals surface area contributed by atoms with Crippen molar-refractivity contribution in [1.82, 2.24) is 4.23 Å². The van der Waals surface area contributed by atoms with Gasteiger partial charge in [-0.3, -0.25) is 0 Å². The molecule has 0 N–H and O–H groups in total. The predicted molar refractivity (Wildman–Crippen MR) is 51.1 cm³/mol. The van der Waals surface area contributed by atoms with Crippen molar-refractivity contribution in [2.24, 2.45) is 0 Å². The van der Waals surface area contributed by atoms with Crippen LogP contribution in [-0.4, -0.2) is 28.5 Å². The van der Waals surface area contributed by atoms with E-state index in [2.05, 4.69) is 44.0 Å². The van der Waals surface area contributed by atoms with E-state index in [1.807, 2.05) is 0 Å². The Balaban J connectivity index is -0.000000107. The summed E-state index contributed by atoms with van der Waals surface area (Å²) >= 11 is 0. The van der Waals surface area contributed by atoms with Crippen LogP contribution in [0.4, 0.5) is 0 Å². The van der Waals surface area contributed by atoms with Gasteiger partial charge >= 0.3 is 18.9 Å². The van der Waals surface area contributed by atoms with Crippen LogP contribution in [-0.2, 0) is 0 Å². The second kappa shape index (κ2) is 7.64. The molecule has 0 rings (SSSR count). The van der Waals surface area contributed by atoms with Crippen molar-refractivity contribution in [3.05, 3.63) is 0 Å². The molecule has 0 aliphatic rings. The van der Waals surface area contributed by atoms with Crippen molar-refractivity contribution in [1.29, 1.82) is 0 Å². The van der Waals surface area contributed by atoms with Gasteiger partial charge in [-0.25, -0.2) is 0 Å². The minimum Gasteiger partial charge on any atom is -1.00 e. The van der Waals surface area contributed by atoms with Crippen LogP contribution in [0.3, 0.4) is 0 Å². The van der Waals surface area contributed by atoms with Gasteiger partial charge in [0, 0.05) is 37.7 Å². The smallest absolute Gasteiger partial charge is 1.00 e. The van der Waals surface area contributed by atoms with Crippen molar-refractivity contribution in [2.45, 2.75) is 32.7 Å². The molecule has 0 radical (unpaired) electrons. The quantitative estimate of drug-likeness (QED) is 0.519. The van der Waals surface area contributed by atoms with Gasteiger partial charge in [0.25, 0.3) is 0 Å². The molecule has 0 aliphatic carbocycles. The number of nitrogens with zero attached hydrogens (tertiary/aromatic N) is 1. The summed E-state index contributed by atoms with van der Waals surface area (Å²) in [7, 11) is 0.858. The van der Waals surface area contributed by atoms with E-state index < -0.39 is 17.2 Å². The van der Waals surface area contributed by atoms with Crippen molar-refractivity contribution in [3.8, 4) is 0 Å². The summed E-state index contributed by atoms with van der Waals surface area (Å²) in [5, 5.41) is 0. The summed E-state index contributed by atoms with van der Waals surface area (Å²) in [4.78, 5) is 0. The van der Waals surface area contributed by atoms with Crippen molar-refractivity contribution < 1.29 is 58.0 Å². The SMILES string of the molecule is CN([SiH](C)C)[Si](C)(C)C.[Ar].[H-].[Li+]. The normalized spacial score (nSPS) is 10.9. The summed E-state index contributed by atoms with van der Waals surface area (Å²) in [5.74, 6) is 0. The van der Waals surface area contributed by atoms with E-state index in [9.17, 15) is 0 Å². The molecule has 0 amide bonds. The Morgan fingerprint density at radius 3 is 1.45 bits per heavy atom. The molecule has 66 valence electrons. The molecule has 0 fully saturated rings. The molecule has 0 unspecified atom stereocenters. The van der Waals surface area contributed by atoms with Crippen LogP contribution in [0.2, 0.25) is 32.7 Å². The molecular formula is C6H20ArLiNSi2. The molecule has 0 spiro atoms. The Hall–Kier alpha value is 2.25. The Kier molecular flexibility index (Phi) is 13.1. The molecule has 0 saturated carbocycles. The summed E-state index contributed by atoms with van der Waals surface area (Å²) in [6, 6.07) is 0. The molecule has 0 heterocycles. The third kappa shape index (κ3) is 8.58. The van der Waals surface area contributed by atoms with Gasteiger partial charge in [0.05, 0.1) is 8.96 Å². The van der Waals surface area contributed by atoms with Gasteiger partial charge in [-0.15, -0.1) is 0 Å². The Morgan fingerprint density at radius 2 is 1.45 bits per heavy atom. The van der Waals surface area contributed by atoms with E-state index in [4.69, 9.17) is 0 Å². The van der Waals surface area contributed by atoms with E-state index in [-0.39, 0.29) is 58.0 Å². The van der Waals surface area contributed by atoms with Gasteiger partial charge in [-0.1, -0.05) is 32.7 Å². The largest absolute Gasteiger partial charge is 1.00 e. The molecule has 5 heteroatoms. The maximum absolute atomic E-state index is 2.63. The number of rotatable bonds is 2. The zero-order valence-electron chi connectivity index (χ0n) is 9.88. The monoisotopic (exact) mass is 209 g/mol. The average Bonchev–Trinajstić information content (AvgIpc) is 1.62. The first-order valence-electron chi connectivity index (χ1n) is 3.58. The molecule has 11 heavy (non-hydrogen) atoms. The summed E-state index contributed by atoms with van der Waals surface area (Å²) in [6.07, 6.45) is 0. The van der Waals surface area contributed by atoms with E-state index in [0.29, 0.717) is 0 Å². The summed E-state index contributed by atoms with van der Waals surface area (Å²) in [5.41, 5.74) is 0. The average molecular weight is 209 g/mol. The zero-order chi connectivity index (χ0) is 7.65. The molecule has 0 saturated heterocycles. The second-order valence-corrected chi connectivity index (χ2v) is 12.4. The molecule has 0 bridgehead atoms. The van der Waals surface area contributed by atoms with Crippen molar-refractivity contribution in [2.75, 3.05) is 7.05 Å². The molecule has 0 aromatic heterocycles. The fraction of sp³-hybridized carbons (Fsp3) is 1.00. The van der Waals surface area contributed by atoms with Crippen LogP contribution >= 0.6 is 0 Å². The fourth-order valence-corrected chi connectivity index (χ4v) is 6.97. The van der Waals surface area contributed by atoms with Crippen LogP contribution < -0.4 is 18.9 Å². The van der Waals surface area contributed by atoms with Gasteiger partial charge in [0.2, 0.25) is 0 Å². The van der Waals surface area contributed by atoms with Gasteiger partial charge in [0.1, 0.15) is 8.24 Å². The van der Waals surface area contributed by atoms with Crippen LogP contribution in [0, 0.1) is 37.7 Å². The zero-order valence-corrected chi connectivity index (χ0v) is 11.7. The summed E-state index contributed by atoms with van der Waals surface area (Å²) < 4.78 is 2.63. The number of hydrogen-bond donors (Lipinski definition) is 0. The Morgan fingerprint density at radius 1 is 1.18 bits per heavy atom. The van der Waals surface area contributed by atoms with Gasteiger partial charge in [-0.2, -0.15) is 0 Å². The van der Waals surface area contributed by atoms with E-state index in [1.165, 1.54) is 0 Å². The van der Waals surface area contributed by atoms with Crippen LogP contribution in [0.1, 0.15) is 1.43 Å². The second-order valence-electron chi connectivity index (χ2n) is 3.88. The first-order chi connectivity index (χ1) is 3.85. The van der Waals surface area contributed by atoms with Crippen LogP contribution in [0.5, 0.6) is 0 Å². The molecule has 0 aromatic carbocycles. The van der Waals surface area contributed by atoms with Crippen LogP contribution in [0.25, 0.3) is 0 Å².